The molecule has 1 aromatic carbocycles. The van der Waals surface area contributed by atoms with Gasteiger partial charge < -0.3 is 0 Å². The summed E-state index contributed by atoms with van der Waals surface area (Å²) < 4.78 is 2.70. The Morgan fingerprint density at radius 1 is 1.33 bits per heavy atom. The Morgan fingerprint density at radius 2 is 2.10 bits per heavy atom. The Morgan fingerprint density at radius 3 is 2.76 bits per heavy atom. The molecule has 2 heterocycles. The van der Waals surface area contributed by atoms with Crippen LogP contribution < -0.4 is 5.32 Å². The first-order chi connectivity index (χ1) is 10.1. The molecule has 0 saturated carbocycles. The summed E-state index contributed by atoms with van der Waals surface area (Å²) in [5.74, 6) is -0.0541. The van der Waals surface area contributed by atoms with Crippen LogP contribution in [-0.4, -0.2) is 30.9 Å². The summed E-state index contributed by atoms with van der Waals surface area (Å²) in [6.07, 6.45) is 1.32. The molecule has 21 heavy (non-hydrogen) atoms. The van der Waals surface area contributed by atoms with E-state index in [-0.39, 0.29) is 11.9 Å². The van der Waals surface area contributed by atoms with E-state index in [4.69, 9.17) is 0 Å². The third-order valence-electron chi connectivity index (χ3n) is 2.84. The molecule has 0 aliphatic rings. The highest BCUT2D eigenvalue weighted by molar-refractivity contribution is 9.10. The van der Waals surface area contributed by atoms with Crippen LogP contribution in [0.3, 0.4) is 0 Å². The van der Waals surface area contributed by atoms with E-state index < -0.39 is 0 Å². The maximum absolute atomic E-state index is 12.1. The van der Waals surface area contributed by atoms with Crippen molar-refractivity contribution >= 4 is 27.8 Å². The Kier molecular flexibility index (Phi) is 3.53. The first-order valence-electron chi connectivity index (χ1n) is 6.13. The van der Waals surface area contributed by atoms with Gasteiger partial charge in [0, 0.05) is 10.2 Å². The Bertz CT molecular complexity index is 763. The number of rotatable bonds is 3. The van der Waals surface area contributed by atoms with E-state index in [0.717, 1.165) is 15.9 Å². The second-order valence-electron chi connectivity index (χ2n) is 4.35. The summed E-state index contributed by atoms with van der Waals surface area (Å²) in [7, 11) is 0. The van der Waals surface area contributed by atoms with Crippen LogP contribution in [0.25, 0.3) is 5.69 Å². The number of carbonyl (C=O) groups is 1. The fraction of sp³-hybridized carbons (Fsp3) is 0.0769. The summed E-state index contributed by atoms with van der Waals surface area (Å²) >= 11 is 3.39. The van der Waals surface area contributed by atoms with Gasteiger partial charge in [-0.05, 0) is 37.3 Å². The van der Waals surface area contributed by atoms with E-state index in [9.17, 15) is 4.79 Å². The quantitative estimate of drug-likeness (QED) is 0.761. The molecule has 3 aromatic rings. The first kappa shape index (κ1) is 13.5. The summed E-state index contributed by atoms with van der Waals surface area (Å²) in [6.45, 7) is 1.89. The smallest absolute Gasteiger partial charge is 0.278 e. The topological polar surface area (TPSA) is 88.5 Å². The van der Waals surface area contributed by atoms with Gasteiger partial charge in [0.05, 0.1) is 5.69 Å². The maximum Gasteiger partial charge on any atom is 0.278 e. The third-order valence-corrected chi connectivity index (χ3v) is 3.37. The number of aryl methyl sites for hydroxylation is 1. The van der Waals surface area contributed by atoms with Crippen LogP contribution in [0.4, 0.5) is 5.95 Å². The summed E-state index contributed by atoms with van der Waals surface area (Å²) in [5, 5.41) is 13.1. The molecule has 0 bridgehead atoms. The number of carbonyl (C=O) groups excluding carboxylic acids is 1. The first-order valence-corrected chi connectivity index (χ1v) is 6.92. The van der Waals surface area contributed by atoms with Gasteiger partial charge in [0.25, 0.3) is 5.91 Å². The van der Waals surface area contributed by atoms with Crippen molar-refractivity contribution in [2.24, 2.45) is 0 Å². The largest absolute Gasteiger partial charge is 0.289 e. The molecule has 106 valence electrons. The lowest BCUT2D eigenvalue weighted by atomic mass is 10.3. The molecule has 0 spiro atoms. The molecule has 8 heteroatoms. The number of nitrogens with one attached hydrogen (secondary N) is 2. The molecule has 0 unspecified atom stereocenters. The lowest BCUT2D eigenvalue weighted by Crippen LogP contribution is -2.14. The molecule has 2 aromatic heterocycles. The maximum atomic E-state index is 12.1. The van der Waals surface area contributed by atoms with E-state index in [1.807, 2.05) is 31.2 Å². The summed E-state index contributed by atoms with van der Waals surface area (Å²) in [5.41, 5.74) is 2.06. The van der Waals surface area contributed by atoms with Crippen LogP contribution in [0.5, 0.6) is 0 Å². The zero-order chi connectivity index (χ0) is 14.8. The number of anilines is 1. The van der Waals surface area contributed by atoms with Crippen molar-refractivity contribution in [2.75, 3.05) is 5.32 Å². The summed E-state index contributed by atoms with van der Waals surface area (Å²) in [4.78, 5) is 15.9. The minimum absolute atomic E-state index is 0.288. The van der Waals surface area contributed by atoms with E-state index in [2.05, 4.69) is 41.5 Å². The van der Waals surface area contributed by atoms with Gasteiger partial charge in [0.2, 0.25) is 5.95 Å². The van der Waals surface area contributed by atoms with Crippen molar-refractivity contribution in [3.63, 3.8) is 0 Å². The Labute approximate surface area is 128 Å². The van der Waals surface area contributed by atoms with Gasteiger partial charge in [0.15, 0.2) is 5.69 Å². The van der Waals surface area contributed by atoms with Crippen LogP contribution in [0.2, 0.25) is 0 Å². The number of nitrogens with zero attached hydrogens (tertiary/aromatic N) is 4. The van der Waals surface area contributed by atoms with E-state index in [1.165, 1.54) is 6.33 Å². The number of benzene rings is 1. The molecule has 0 fully saturated rings. The van der Waals surface area contributed by atoms with Gasteiger partial charge in [-0.1, -0.05) is 15.9 Å². The monoisotopic (exact) mass is 346 g/mol. The molecule has 0 radical (unpaired) electrons. The minimum Gasteiger partial charge on any atom is -0.289 e. The van der Waals surface area contributed by atoms with Crippen molar-refractivity contribution in [1.82, 2.24) is 25.0 Å². The number of aromatic amines is 1. The van der Waals surface area contributed by atoms with Gasteiger partial charge in [0.1, 0.15) is 6.33 Å². The lowest BCUT2D eigenvalue weighted by molar-refractivity contribution is 0.102. The average Bonchev–Trinajstić information content (AvgIpc) is 3.09. The van der Waals surface area contributed by atoms with Crippen LogP contribution in [0.1, 0.15) is 16.2 Å². The number of hydrogen-bond acceptors (Lipinski definition) is 4. The van der Waals surface area contributed by atoms with Crippen LogP contribution in [-0.2, 0) is 0 Å². The van der Waals surface area contributed by atoms with Crippen molar-refractivity contribution in [1.29, 1.82) is 0 Å². The van der Waals surface area contributed by atoms with Crippen LogP contribution >= 0.6 is 15.9 Å². The normalized spacial score (nSPS) is 10.6. The molecular weight excluding hydrogens is 336 g/mol. The Hall–Kier alpha value is -2.48. The van der Waals surface area contributed by atoms with Gasteiger partial charge in [-0.25, -0.2) is 9.78 Å². The molecule has 0 saturated heterocycles. The minimum atomic E-state index is -0.342. The van der Waals surface area contributed by atoms with Crippen LogP contribution in [0, 0.1) is 6.92 Å². The van der Waals surface area contributed by atoms with Gasteiger partial charge >= 0.3 is 0 Å². The van der Waals surface area contributed by atoms with Crippen LogP contribution in [0.15, 0.2) is 41.1 Å². The third kappa shape index (κ3) is 2.84. The molecule has 2 N–H and O–H groups in total. The Balaban J connectivity index is 1.87. The SMILES string of the molecule is Cc1cc(C(=O)Nc2ncn[nH]2)nn1-c1ccc(Br)cc1. The fourth-order valence-corrected chi connectivity index (χ4v) is 2.13. The van der Waals surface area contributed by atoms with Crippen molar-refractivity contribution < 1.29 is 4.79 Å². The molecule has 3 rings (SSSR count). The predicted molar refractivity (Wildman–Crippen MR) is 80.3 cm³/mol. The fourth-order valence-electron chi connectivity index (χ4n) is 1.87. The van der Waals surface area contributed by atoms with E-state index >= 15 is 0 Å². The zero-order valence-corrected chi connectivity index (χ0v) is 12.6. The van der Waals surface area contributed by atoms with Crippen molar-refractivity contribution in [2.45, 2.75) is 6.92 Å². The van der Waals surface area contributed by atoms with E-state index in [0.29, 0.717) is 5.69 Å². The average molecular weight is 347 g/mol. The number of amides is 1. The zero-order valence-electron chi connectivity index (χ0n) is 11.0. The highest BCUT2D eigenvalue weighted by Crippen LogP contribution is 2.16. The molecule has 0 atom stereocenters. The van der Waals surface area contributed by atoms with Crippen molar-refractivity contribution in [3.05, 3.63) is 52.5 Å². The summed E-state index contributed by atoms with van der Waals surface area (Å²) in [6, 6.07) is 9.40. The highest BCUT2D eigenvalue weighted by atomic mass is 79.9. The second-order valence-corrected chi connectivity index (χ2v) is 5.26. The molecular formula is C13H11BrN6O. The van der Waals surface area contributed by atoms with Crippen molar-refractivity contribution in [3.8, 4) is 5.69 Å². The predicted octanol–water partition coefficient (Wildman–Crippen LogP) is 2.31. The van der Waals surface area contributed by atoms with Gasteiger partial charge in [-0.15, -0.1) is 0 Å². The number of aromatic nitrogens is 5. The lowest BCUT2D eigenvalue weighted by Gasteiger charge is -2.03. The molecule has 0 aliphatic heterocycles. The molecule has 7 nitrogen and oxygen atoms in total. The number of H-pyrrole nitrogens is 1. The number of hydrogen-bond donors (Lipinski definition) is 2. The van der Waals surface area contributed by atoms with Gasteiger partial charge in [-0.2, -0.15) is 15.2 Å². The highest BCUT2D eigenvalue weighted by Gasteiger charge is 2.14. The molecule has 1 amide bonds. The van der Waals surface area contributed by atoms with Gasteiger partial charge in [-0.3, -0.25) is 10.1 Å². The number of halogens is 1. The molecule has 0 aliphatic carbocycles. The standard InChI is InChI=1S/C13H11BrN6O/c1-8-6-11(12(21)17-13-15-7-16-18-13)19-20(8)10-4-2-9(14)3-5-10/h2-7H,1H3,(H2,15,16,17,18,21). The van der Waals surface area contributed by atoms with E-state index in [1.54, 1.807) is 10.7 Å². The second kappa shape index (κ2) is 5.49.